The van der Waals surface area contributed by atoms with Gasteiger partial charge in [-0.3, -0.25) is 14.7 Å². The Bertz CT molecular complexity index is 2210. The topological polar surface area (TPSA) is 160 Å². The number of methoxy groups -OCH3 is 1. The maximum Gasteiger partial charge on any atom is 0.274 e. The normalized spacial score (nSPS) is 14.1. The number of amides is 1. The summed E-state index contributed by atoms with van der Waals surface area (Å²) in [5.41, 5.74) is 3.17. The molecule has 3 aromatic carbocycles. The highest BCUT2D eigenvalue weighted by Gasteiger charge is 2.34. The predicted octanol–water partition coefficient (Wildman–Crippen LogP) is 7.30. The van der Waals surface area contributed by atoms with Crippen LogP contribution in [0.25, 0.3) is 33.7 Å². The van der Waals surface area contributed by atoms with Gasteiger partial charge < -0.3 is 24.9 Å². The van der Waals surface area contributed by atoms with E-state index in [4.69, 9.17) is 42.6 Å². The van der Waals surface area contributed by atoms with Gasteiger partial charge in [-0.2, -0.15) is 10.5 Å². The number of aromatic nitrogens is 2. The number of hydrogen-bond donors (Lipinski definition) is 3. The minimum atomic E-state index is -1.55. The molecule has 14 heteroatoms. The molecule has 1 aliphatic rings. The highest BCUT2D eigenvalue weighted by Crippen LogP contribution is 2.42. The lowest BCUT2D eigenvalue weighted by atomic mass is 9.94. The third-order valence-electron chi connectivity index (χ3n) is 9.00. The van der Waals surface area contributed by atoms with E-state index in [1.807, 2.05) is 6.07 Å². The number of aliphatic hydroxyl groups is 1. The Labute approximate surface area is 309 Å². The number of piperidine rings is 1. The second-order valence-electron chi connectivity index (χ2n) is 12.5. The van der Waals surface area contributed by atoms with Gasteiger partial charge in [0.1, 0.15) is 28.7 Å². The van der Waals surface area contributed by atoms with Crippen molar-refractivity contribution in [2.45, 2.75) is 38.0 Å². The molecule has 0 bridgehead atoms. The number of fused-ring (bicyclic) bond motifs is 1. The van der Waals surface area contributed by atoms with Crippen molar-refractivity contribution in [3.05, 3.63) is 93.2 Å². The molecule has 1 aliphatic heterocycles. The Morgan fingerprint density at radius 3 is 2.54 bits per heavy atom. The van der Waals surface area contributed by atoms with Gasteiger partial charge in [0.05, 0.1) is 46.6 Å². The first-order valence-corrected chi connectivity index (χ1v) is 17.3. The summed E-state index contributed by atoms with van der Waals surface area (Å²) in [5, 5.41) is 34.6. The van der Waals surface area contributed by atoms with Gasteiger partial charge in [-0.25, -0.2) is 9.37 Å². The van der Waals surface area contributed by atoms with E-state index in [1.165, 1.54) is 13.2 Å². The Balaban J connectivity index is 1.23. The zero-order valence-electron chi connectivity index (χ0n) is 28.2. The molecule has 0 aliphatic carbocycles. The summed E-state index contributed by atoms with van der Waals surface area (Å²) in [6, 6.07) is 19.9. The zero-order chi connectivity index (χ0) is 36.8. The van der Waals surface area contributed by atoms with E-state index >= 15 is 0 Å². The first-order chi connectivity index (χ1) is 25.2. The van der Waals surface area contributed by atoms with Crippen LogP contribution in [0.5, 0.6) is 5.75 Å². The van der Waals surface area contributed by atoms with Crippen molar-refractivity contribution in [1.82, 2.24) is 20.2 Å². The fourth-order valence-electron chi connectivity index (χ4n) is 6.12. The lowest BCUT2D eigenvalue weighted by Gasteiger charge is -2.35. The lowest BCUT2D eigenvalue weighted by Crippen LogP contribution is -2.43. The fraction of sp³-hybridized carbons (Fsp3) is 0.289. The van der Waals surface area contributed by atoms with E-state index in [9.17, 15) is 19.6 Å². The summed E-state index contributed by atoms with van der Waals surface area (Å²) in [7, 11) is 1.50. The number of alkyl halides is 1. The third kappa shape index (κ3) is 7.87. The van der Waals surface area contributed by atoms with E-state index in [2.05, 4.69) is 32.7 Å². The average Bonchev–Trinajstić information content (AvgIpc) is 3.59. The number of nitrogens with zero attached hydrogens (tertiary/aromatic N) is 5. The smallest absolute Gasteiger partial charge is 0.274 e. The summed E-state index contributed by atoms with van der Waals surface area (Å²) in [6.45, 7) is 1.91. The molecule has 2 aromatic heterocycles. The van der Waals surface area contributed by atoms with Gasteiger partial charge in [0, 0.05) is 68.1 Å². The number of nitrogens with one attached hydrogen (secondary N) is 2. The monoisotopic (exact) mass is 741 g/mol. The van der Waals surface area contributed by atoms with E-state index in [-0.39, 0.29) is 29.4 Å². The summed E-state index contributed by atoms with van der Waals surface area (Å²) < 4.78 is 26.1. The van der Waals surface area contributed by atoms with Gasteiger partial charge in [0.15, 0.2) is 5.58 Å². The molecule has 11 nitrogen and oxygen atoms in total. The highest BCUT2D eigenvalue weighted by molar-refractivity contribution is 6.39. The first kappa shape index (κ1) is 36.7. The number of likely N-dealkylation sites (tertiary alicyclic amines) is 1. The van der Waals surface area contributed by atoms with Gasteiger partial charge in [-0.05, 0) is 42.7 Å². The standard InChI is InChI=1S/C38H34Cl2FN7O4/c1-51-32-17-31(45-20-25(32)19-44-12-4-11-42)36(50)46-29-8-3-6-27(34(29)40)26-5-2-7-28(33(26)39)37-47-30-16-23(15-24(18-43)35(30)52-37)21-48-13-9-38(41,22-49)10-14-48/h2-3,5-8,15-17,20,44,49H,4,9-10,12-14,19,21-22H2,1H3,(H,46,50). The molecule has 52 heavy (non-hydrogen) atoms. The third-order valence-corrected chi connectivity index (χ3v) is 9.82. The number of nitriles is 2. The molecule has 1 saturated heterocycles. The SMILES string of the molecule is COc1cc(C(=O)Nc2cccc(-c3cccc(-c4nc5cc(CN6CCC(F)(CO)CC6)cc(C#N)c5o4)c3Cl)c2Cl)ncc1CNCCC#N. The van der Waals surface area contributed by atoms with Crippen LogP contribution < -0.4 is 15.4 Å². The molecule has 0 radical (unpaired) electrons. The van der Waals surface area contributed by atoms with Gasteiger partial charge in [-0.15, -0.1) is 0 Å². The van der Waals surface area contributed by atoms with Crippen LogP contribution in [0.2, 0.25) is 10.0 Å². The first-order valence-electron chi connectivity index (χ1n) is 16.5. The number of aliphatic hydroxyl groups excluding tert-OH is 1. The molecule has 0 saturated carbocycles. The molecule has 6 rings (SSSR count). The molecule has 0 atom stereocenters. The van der Waals surface area contributed by atoms with Gasteiger partial charge in [0.25, 0.3) is 5.91 Å². The molecule has 1 amide bonds. The van der Waals surface area contributed by atoms with Gasteiger partial charge in [0.2, 0.25) is 5.89 Å². The Morgan fingerprint density at radius 1 is 1.10 bits per heavy atom. The summed E-state index contributed by atoms with van der Waals surface area (Å²) >= 11 is 13.9. The number of carbonyl (C=O) groups is 1. The van der Waals surface area contributed by atoms with Crippen molar-refractivity contribution < 1.29 is 23.4 Å². The lowest BCUT2D eigenvalue weighted by molar-refractivity contribution is 0.00675. The van der Waals surface area contributed by atoms with Crippen molar-refractivity contribution >= 4 is 45.9 Å². The van der Waals surface area contributed by atoms with E-state index < -0.39 is 18.2 Å². The molecular weight excluding hydrogens is 708 g/mol. The minimum absolute atomic E-state index is 0.120. The number of anilines is 1. The number of halogens is 3. The number of benzene rings is 3. The van der Waals surface area contributed by atoms with Crippen LogP contribution in [0.4, 0.5) is 10.1 Å². The van der Waals surface area contributed by atoms with Gasteiger partial charge >= 0.3 is 0 Å². The zero-order valence-corrected chi connectivity index (χ0v) is 29.7. The number of ether oxygens (including phenoxy) is 1. The van der Waals surface area contributed by atoms with Crippen LogP contribution in [-0.2, 0) is 13.1 Å². The Hall–Kier alpha value is -5.08. The molecule has 266 valence electrons. The van der Waals surface area contributed by atoms with E-state index in [0.717, 1.165) is 11.1 Å². The van der Waals surface area contributed by atoms with Crippen LogP contribution in [0.3, 0.4) is 0 Å². The number of hydrogen-bond acceptors (Lipinski definition) is 10. The second-order valence-corrected chi connectivity index (χ2v) is 13.2. The summed E-state index contributed by atoms with van der Waals surface area (Å²) in [4.78, 5) is 24.4. The van der Waals surface area contributed by atoms with Crippen LogP contribution in [0.15, 0.2) is 65.2 Å². The minimum Gasteiger partial charge on any atom is -0.496 e. The number of pyridine rings is 1. The van der Waals surface area contributed by atoms with Crippen LogP contribution in [-0.4, -0.2) is 64.9 Å². The average molecular weight is 743 g/mol. The number of rotatable bonds is 12. The second kappa shape index (κ2) is 16.1. The fourth-order valence-corrected chi connectivity index (χ4v) is 6.70. The predicted molar refractivity (Wildman–Crippen MR) is 196 cm³/mol. The summed E-state index contributed by atoms with van der Waals surface area (Å²) in [5.74, 6) is 0.185. The maximum absolute atomic E-state index is 14.5. The van der Waals surface area contributed by atoms with Crippen LogP contribution >= 0.6 is 23.2 Å². The maximum atomic E-state index is 14.5. The van der Waals surface area contributed by atoms with Crippen molar-refractivity contribution in [3.8, 4) is 40.5 Å². The quantitative estimate of drug-likeness (QED) is 0.111. The Morgan fingerprint density at radius 2 is 1.83 bits per heavy atom. The number of oxazole rings is 1. The molecule has 5 aromatic rings. The van der Waals surface area contributed by atoms with E-state index in [1.54, 1.807) is 48.7 Å². The van der Waals surface area contributed by atoms with Gasteiger partial charge in [-0.1, -0.05) is 47.5 Å². The van der Waals surface area contributed by atoms with Crippen molar-refractivity contribution in [3.63, 3.8) is 0 Å². The molecule has 3 N–H and O–H groups in total. The van der Waals surface area contributed by atoms with Crippen LogP contribution in [0.1, 0.15) is 46.4 Å². The molecule has 0 spiro atoms. The Kier molecular flexibility index (Phi) is 11.3. The summed E-state index contributed by atoms with van der Waals surface area (Å²) in [6.07, 6.45) is 2.39. The molecule has 1 fully saturated rings. The largest absolute Gasteiger partial charge is 0.496 e. The van der Waals surface area contributed by atoms with Crippen molar-refractivity contribution in [1.29, 1.82) is 10.5 Å². The van der Waals surface area contributed by atoms with Crippen LogP contribution in [0, 0.1) is 22.7 Å². The van der Waals surface area contributed by atoms with E-state index in [0.29, 0.717) is 89.0 Å². The molecule has 0 unspecified atom stereocenters. The van der Waals surface area contributed by atoms with Crippen molar-refractivity contribution in [2.75, 3.05) is 38.7 Å². The van der Waals surface area contributed by atoms with Crippen molar-refractivity contribution in [2.24, 2.45) is 0 Å². The molecular formula is C38H34Cl2FN7O4. The number of carbonyl (C=O) groups excluding carboxylic acids is 1. The molecule has 3 heterocycles. The highest BCUT2D eigenvalue weighted by atomic mass is 35.5.